The van der Waals surface area contributed by atoms with Crippen LogP contribution in [0, 0.1) is 5.92 Å². The van der Waals surface area contributed by atoms with E-state index in [1.165, 1.54) is 11.3 Å². The van der Waals surface area contributed by atoms with Crippen molar-refractivity contribution < 1.29 is 18.0 Å². The van der Waals surface area contributed by atoms with Crippen molar-refractivity contribution in [1.29, 1.82) is 0 Å². The van der Waals surface area contributed by atoms with Gasteiger partial charge in [0.05, 0.1) is 16.2 Å². The molecule has 1 fully saturated rings. The Hall–Kier alpha value is -2.46. The number of hydrogen-bond donors (Lipinski definition) is 1. The molecule has 1 saturated carbocycles. The van der Waals surface area contributed by atoms with Crippen molar-refractivity contribution in [2.45, 2.75) is 70.1 Å². The van der Waals surface area contributed by atoms with E-state index in [2.05, 4.69) is 20.3 Å². The van der Waals surface area contributed by atoms with Gasteiger partial charge in [-0.25, -0.2) is 4.98 Å². The van der Waals surface area contributed by atoms with Crippen molar-refractivity contribution >= 4 is 28.1 Å². The number of carbonyl (C=O) groups is 1. The summed E-state index contributed by atoms with van der Waals surface area (Å²) in [5, 5.41) is 9.23. The molecule has 1 aliphatic carbocycles. The average Bonchev–Trinajstić information content (AvgIpc) is 3.42. The fraction of sp³-hybridized carbons (Fsp3) is 0.577. The SMILES string of the molecule is Cn1cc2ccc(C(=O)NC3CCC(CCN4CCc5sc(CCC(F)(F)F)nc5C4)CC3)cc2n1. The highest BCUT2D eigenvalue weighted by molar-refractivity contribution is 7.11. The number of aryl methyl sites for hydroxylation is 2. The highest BCUT2D eigenvalue weighted by atomic mass is 32.1. The Morgan fingerprint density at radius 2 is 2.03 bits per heavy atom. The highest BCUT2D eigenvalue weighted by Crippen LogP contribution is 2.31. The second-order valence-corrected chi connectivity index (χ2v) is 11.3. The third-order valence-electron chi connectivity index (χ3n) is 7.39. The summed E-state index contributed by atoms with van der Waals surface area (Å²) in [4.78, 5) is 20.8. The van der Waals surface area contributed by atoms with Gasteiger partial charge in [0, 0.05) is 61.0 Å². The van der Waals surface area contributed by atoms with Crippen molar-refractivity contribution in [3.05, 3.63) is 45.5 Å². The monoisotopic (exact) mass is 519 g/mol. The first-order valence-electron chi connectivity index (χ1n) is 12.7. The fourth-order valence-electron chi connectivity index (χ4n) is 5.36. The van der Waals surface area contributed by atoms with Gasteiger partial charge in [0.2, 0.25) is 0 Å². The molecule has 10 heteroatoms. The molecule has 36 heavy (non-hydrogen) atoms. The molecule has 3 aromatic rings. The second kappa shape index (κ2) is 10.5. The van der Waals surface area contributed by atoms with Crippen LogP contribution in [0.15, 0.2) is 24.4 Å². The molecule has 0 spiro atoms. The molecular formula is C26H32F3N5OS. The van der Waals surface area contributed by atoms with Gasteiger partial charge in [-0.05, 0) is 63.1 Å². The molecule has 0 atom stereocenters. The molecule has 3 heterocycles. The van der Waals surface area contributed by atoms with Crippen LogP contribution in [0.1, 0.15) is 64.5 Å². The number of benzene rings is 1. The van der Waals surface area contributed by atoms with E-state index in [0.29, 0.717) is 16.5 Å². The molecule has 194 valence electrons. The molecule has 1 amide bonds. The number of fused-ring (bicyclic) bond motifs is 2. The van der Waals surface area contributed by atoms with Crippen LogP contribution >= 0.6 is 11.3 Å². The minimum absolute atomic E-state index is 0.0152. The molecular weight excluding hydrogens is 487 g/mol. The van der Waals surface area contributed by atoms with Gasteiger partial charge >= 0.3 is 6.18 Å². The van der Waals surface area contributed by atoms with Crippen molar-refractivity contribution in [2.24, 2.45) is 13.0 Å². The van der Waals surface area contributed by atoms with Crippen molar-refractivity contribution in [1.82, 2.24) is 25.0 Å². The molecule has 6 nitrogen and oxygen atoms in total. The summed E-state index contributed by atoms with van der Waals surface area (Å²) < 4.78 is 39.3. The van der Waals surface area contributed by atoms with Crippen LogP contribution in [0.5, 0.6) is 0 Å². The molecule has 1 aromatic carbocycles. The Labute approximate surface area is 212 Å². The van der Waals surface area contributed by atoms with Gasteiger partial charge in [-0.3, -0.25) is 14.4 Å². The quantitative estimate of drug-likeness (QED) is 0.463. The van der Waals surface area contributed by atoms with E-state index in [4.69, 9.17) is 0 Å². The standard InChI is InChI=1S/C26H32F3N5OS/c1-33-15-19-5-4-18(14-21(19)32-33)25(35)30-20-6-2-17(3-7-20)9-12-34-13-10-23-22(16-34)31-24(36-23)8-11-26(27,28)29/h4-5,14-15,17,20H,2-3,6-13,16H2,1H3,(H,30,35). The van der Waals surface area contributed by atoms with Gasteiger partial charge in [0.15, 0.2) is 0 Å². The summed E-state index contributed by atoms with van der Waals surface area (Å²) in [5.74, 6) is 0.607. The van der Waals surface area contributed by atoms with Gasteiger partial charge in [0.25, 0.3) is 5.91 Å². The maximum absolute atomic E-state index is 12.8. The smallest absolute Gasteiger partial charge is 0.349 e. The van der Waals surface area contributed by atoms with Crippen LogP contribution in [-0.2, 0) is 26.4 Å². The third kappa shape index (κ3) is 6.26. The van der Waals surface area contributed by atoms with Gasteiger partial charge < -0.3 is 5.32 Å². The van der Waals surface area contributed by atoms with Crippen molar-refractivity contribution in [2.75, 3.05) is 13.1 Å². The number of alkyl halides is 3. The maximum Gasteiger partial charge on any atom is 0.389 e. The minimum atomic E-state index is -4.13. The lowest BCUT2D eigenvalue weighted by molar-refractivity contribution is -0.134. The van der Waals surface area contributed by atoms with Crippen LogP contribution in [0.4, 0.5) is 13.2 Å². The number of carbonyl (C=O) groups excluding carboxylic acids is 1. The van der Waals surface area contributed by atoms with Crippen LogP contribution in [0.2, 0.25) is 0 Å². The van der Waals surface area contributed by atoms with Gasteiger partial charge in [0.1, 0.15) is 0 Å². The number of thiazole rings is 1. The van der Waals surface area contributed by atoms with Gasteiger partial charge in [-0.15, -0.1) is 11.3 Å². The number of nitrogens with zero attached hydrogens (tertiary/aromatic N) is 4. The van der Waals surface area contributed by atoms with Crippen LogP contribution in [0.3, 0.4) is 0 Å². The Morgan fingerprint density at radius 3 is 2.81 bits per heavy atom. The summed E-state index contributed by atoms with van der Waals surface area (Å²) >= 11 is 1.45. The Balaban J connectivity index is 1.04. The molecule has 1 N–H and O–H groups in total. The van der Waals surface area contributed by atoms with E-state index in [1.807, 2.05) is 31.4 Å². The zero-order chi connectivity index (χ0) is 25.3. The number of aromatic nitrogens is 3. The predicted molar refractivity (Wildman–Crippen MR) is 134 cm³/mol. The first kappa shape index (κ1) is 25.2. The fourth-order valence-corrected chi connectivity index (χ4v) is 6.43. The van der Waals surface area contributed by atoms with E-state index in [1.54, 1.807) is 4.68 Å². The number of nitrogens with one attached hydrogen (secondary N) is 1. The summed E-state index contributed by atoms with van der Waals surface area (Å²) in [7, 11) is 1.87. The molecule has 2 aliphatic rings. The molecule has 0 radical (unpaired) electrons. The molecule has 2 aromatic heterocycles. The lowest BCUT2D eigenvalue weighted by Gasteiger charge is -2.32. The molecule has 0 unspecified atom stereocenters. The zero-order valence-electron chi connectivity index (χ0n) is 20.5. The molecule has 1 aliphatic heterocycles. The first-order valence-corrected chi connectivity index (χ1v) is 13.5. The zero-order valence-corrected chi connectivity index (χ0v) is 21.3. The highest BCUT2D eigenvalue weighted by Gasteiger charge is 2.29. The Bertz CT molecular complexity index is 1210. The third-order valence-corrected chi connectivity index (χ3v) is 8.61. The van der Waals surface area contributed by atoms with Crippen molar-refractivity contribution in [3.63, 3.8) is 0 Å². The van der Waals surface area contributed by atoms with E-state index in [9.17, 15) is 18.0 Å². The summed E-state index contributed by atoms with van der Waals surface area (Å²) in [6, 6.07) is 5.85. The van der Waals surface area contributed by atoms with Crippen molar-refractivity contribution in [3.8, 4) is 0 Å². The summed E-state index contributed by atoms with van der Waals surface area (Å²) in [6.45, 7) is 2.67. The minimum Gasteiger partial charge on any atom is -0.349 e. The summed E-state index contributed by atoms with van der Waals surface area (Å²) in [5.41, 5.74) is 2.45. The van der Waals surface area contributed by atoms with E-state index in [-0.39, 0.29) is 18.4 Å². The Kier molecular flexibility index (Phi) is 7.35. The lowest BCUT2D eigenvalue weighted by Crippen LogP contribution is -2.38. The van der Waals surface area contributed by atoms with Crippen LogP contribution in [-0.4, -0.2) is 50.9 Å². The molecule has 0 saturated heterocycles. The van der Waals surface area contributed by atoms with Gasteiger partial charge in [-0.2, -0.15) is 18.3 Å². The van der Waals surface area contributed by atoms with Crippen LogP contribution in [0.25, 0.3) is 10.9 Å². The second-order valence-electron chi connectivity index (χ2n) is 10.2. The number of amides is 1. The normalized spacial score (nSPS) is 21.0. The number of rotatable bonds is 7. The topological polar surface area (TPSA) is 63.1 Å². The van der Waals surface area contributed by atoms with Crippen LogP contribution < -0.4 is 5.32 Å². The van der Waals surface area contributed by atoms with Gasteiger partial charge in [-0.1, -0.05) is 6.07 Å². The average molecular weight is 520 g/mol. The number of hydrogen-bond acceptors (Lipinski definition) is 5. The number of halogens is 3. The predicted octanol–water partition coefficient (Wildman–Crippen LogP) is 5.26. The lowest BCUT2D eigenvalue weighted by atomic mass is 9.84. The van der Waals surface area contributed by atoms with E-state index < -0.39 is 12.6 Å². The van der Waals surface area contributed by atoms with E-state index >= 15 is 0 Å². The Morgan fingerprint density at radius 1 is 1.22 bits per heavy atom. The molecule has 5 rings (SSSR count). The summed E-state index contributed by atoms with van der Waals surface area (Å²) in [6.07, 6.45) is 3.15. The largest absolute Gasteiger partial charge is 0.389 e. The molecule has 0 bridgehead atoms. The maximum atomic E-state index is 12.8. The van der Waals surface area contributed by atoms with E-state index in [0.717, 1.165) is 79.6 Å². The first-order chi connectivity index (χ1) is 17.2.